The van der Waals surface area contributed by atoms with Crippen LogP contribution in [0.15, 0.2) is 35.3 Å². The second-order valence-corrected chi connectivity index (χ2v) is 6.41. The Morgan fingerprint density at radius 2 is 2.12 bits per heavy atom. The van der Waals surface area contributed by atoms with E-state index in [1.54, 1.807) is 7.05 Å². The topological polar surface area (TPSA) is 58.1 Å². The van der Waals surface area contributed by atoms with Crippen LogP contribution < -0.4 is 10.6 Å². The van der Waals surface area contributed by atoms with E-state index in [0.29, 0.717) is 0 Å². The first-order chi connectivity index (χ1) is 12.2. The highest BCUT2D eigenvalue weighted by atomic mass is 127. The zero-order valence-electron chi connectivity index (χ0n) is 16.1. The van der Waals surface area contributed by atoms with Crippen LogP contribution in [0.2, 0.25) is 0 Å². The molecular weight excluding hydrogens is 443 g/mol. The highest BCUT2D eigenvalue weighted by Crippen LogP contribution is 2.15. The second kappa shape index (κ2) is 13.3. The van der Waals surface area contributed by atoms with Gasteiger partial charge in [-0.15, -0.1) is 24.0 Å². The fraction of sp³-hybridized carbons (Fsp3) is 0.632. The molecule has 1 aromatic rings. The SMILES string of the molecule is CN=C(NCCCOC(C)c1ccccc1)NCC1CN(C)CCO1.I. The van der Waals surface area contributed by atoms with Crippen molar-refractivity contribution in [1.82, 2.24) is 15.5 Å². The Bertz CT molecular complexity index is 516. The molecule has 1 fully saturated rings. The van der Waals surface area contributed by atoms with Crippen LogP contribution in [0.25, 0.3) is 0 Å². The molecule has 2 N–H and O–H groups in total. The number of rotatable bonds is 8. The number of aliphatic imine (C=N–C) groups is 1. The van der Waals surface area contributed by atoms with Crippen LogP contribution in [0, 0.1) is 0 Å². The van der Waals surface area contributed by atoms with Crippen LogP contribution >= 0.6 is 24.0 Å². The number of guanidine groups is 1. The fourth-order valence-electron chi connectivity index (χ4n) is 2.78. The Hall–Kier alpha value is -0.900. The van der Waals surface area contributed by atoms with Gasteiger partial charge in [-0.1, -0.05) is 30.3 Å². The summed E-state index contributed by atoms with van der Waals surface area (Å²) < 4.78 is 11.6. The number of likely N-dealkylation sites (N-methyl/N-ethyl adjacent to an activating group) is 1. The van der Waals surface area contributed by atoms with Crippen LogP contribution in [0.1, 0.15) is 25.0 Å². The van der Waals surface area contributed by atoms with E-state index in [4.69, 9.17) is 9.47 Å². The van der Waals surface area contributed by atoms with Gasteiger partial charge < -0.3 is 25.0 Å². The number of hydrogen-bond donors (Lipinski definition) is 2. The van der Waals surface area contributed by atoms with Crippen molar-refractivity contribution >= 4 is 29.9 Å². The number of halogens is 1. The number of hydrogen-bond acceptors (Lipinski definition) is 4. The molecule has 1 aliphatic rings. The lowest BCUT2D eigenvalue weighted by Crippen LogP contribution is -2.48. The first-order valence-electron chi connectivity index (χ1n) is 9.10. The van der Waals surface area contributed by atoms with Crippen molar-refractivity contribution in [3.05, 3.63) is 35.9 Å². The average Bonchev–Trinajstić information content (AvgIpc) is 2.64. The lowest BCUT2D eigenvalue weighted by molar-refractivity contribution is -0.0161. The summed E-state index contributed by atoms with van der Waals surface area (Å²) in [5.41, 5.74) is 1.21. The van der Waals surface area contributed by atoms with Crippen molar-refractivity contribution in [2.24, 2.45) is 4.99 Å². The average molecular weight is 476 g/mol. The Morgan fingerprint density at radius 1 is 1.35 bits per heavy atom. The maximum Gasteiger partial charge on any atom is 0.191 e. The van der Waals surface area contributed by atoms with Gasteiger partial charge in [0.25, 0.3) is 0 Å². The maximum absolute atomic E-state index is 5.88. The van der Waals surface area contributed by atoms with Gasteiger partial charge in [-0.2, -0.15) is 0 Å². The fourth-order valence-corrected chi connectivity index (χ4v) is 2.78. The molecule has 0 spiro atoms. The van der Waals surface area contributed by atoms with Crippen LogP contribution in [-0.2, 0) is 9.47 Å². The zero-order valence-corrected chi connectivity index (χ0v) is 18.4. The molecule has 1 aliphatic heterocycles. The summed E-state index contributed by atoms with van der Waals surface area (Å²) in [6.07, 6.45) is 1.27. The molecule has 2 atom stereocenters. The predicted molar refractivity (Wildman–Crippen MR) is 117 cm³/mol. The molecule has 0 saturated carbocycles. The third kappa shape index (κ3) is 8.66. The van der Waals surface area contributed by atoms with Crippen molar-refractivity contribution in [1.29, 1.82) is 0 Å². The zero-order chi connectivity index (χ0) is 17.9. The van der Waals surface area contributed by atoms with Gasteiger partial charge in [-0.3, -0.25) is 4.99 Å². The molecule has 0 aromatic heterocycles. The van der Waals surface area contributed by atoms with Gasteiger partial charge in [0, 0.05) is 39.8 Å². The summed E-state index contributed by atoms with van der Waals surface area (Å²) >= 11 is 0. The van der Waals surface area contributed by atoms with Crippen molar-refractivity contribution in [3.63, 3.8) is 0 Å². The van der Waals surface area contributed by atoms with Crippen LogP contribution in [-0.4, -0.2) is 70.5 Å². The summed E-state index contributed by atoms with van der Waals surface area (Å²) in [7, 11) is 3.91. The summed E-state index contributed by atoms with van der Waals surface area (Å²) in [6, 6.07) is 10.3. The number of nitrogens with one attached hydrogen (secondary N) is 2. The largest absolute Gasteiger partial charge is 0.374 e. The van der Waals surface area contributed by atoms with E-state index in [0.717, 1.165) is 51.8 Å². The van der Waals surface area contributed by atoms with E-state index < -0.39 is 0 Å². The molecule has 2 rings (SSSR count). The van der Waals surface area contributed by atoms with Crippen molar-refractivity contribution in [2.45, 2.75) is 25.6 Å². The van der Waals surface area contributed by atoms with E-state index >= 15 is 0 Å². The van der Waals surface area contributed by atoms with E-state index in [-0.39, 0.29) is 36.2 Å². The molecule has 1 aromatic carbocycles. The van der Waals surface area contributed by atoms with Crippen LogP contribution in [0.3, 0.4) is 0 Å². The minimum absolute atomic E-state index is 0. The summed E-state index contributed by atoms with van der Waals surface area (Å²) in [5.74, 6) is 0.813. The molecule has 2 unspecified atom stereocenters. The Morgan fingerprint density at radius 3 is 2.81 bits per heavy atom. The molecule has 0 bridgehead atoms. The number of benzene rings is 1. The van der Waals surface area contributed by atoms with Crippen molar-refractivity contribution in [2.75, 3.05) is 53.5 Å². The van der Waals surface area contributed by atoms with E-state index in [2.05, 4.69) is 46.6 Å². The first kappa shape index (κ1) is 23.1. The standard InChI is InChI=1S/C19H32N4O2.HI/c1-16(17-8-5-4-6-9-17)24-12-7-10-21-19(20-2)22-14-18-15-23(3)11-13-25-18;/h4-6,8-9,16,18H,7,10-15H2,1-3H3,(H2,20,21,22);1H. The number of ether oxygens (including phenoxy) is 2. The molecule has 0 radical (unpaired) electrons. The van der Waals surface area contributed by atoms with Gasteiger partial charge in [0.2, 0.25) is 0 Å². The van der Waals surface area contributed by atoms with Crippen LogP contribution in [0.4, 0.5) is 0 Å². The monoisotopic (exact) mass is 476 g/mol. The lowest BCUT2D eigenvalue weighted by Gasteiger charge is -2.30. The molecule has 0 aliphatic carbocycles. The molecule has 26 heavy (non-hydrogen) atoms. The summed E-state index contributed by atoms with van der Waals surface area (Å²) in [4.78, 5) is 6.55. The maximum atomic E-state index is 5.88. The molecular formula is C19H33IN4O2. The molecule has 0 amide bonds. The van der Waals surface area contributed by atoms with Gasteiger partial charge in [0.05, 0.1) is 18.8 Å². The Kier molecular flexibility index (Phi) is 11.8. The number of nitrogens with zero attached hydrogens (tertiary/aromatic N) is 2. The van der Waals surface area contributed by atoms with E-state index in [1.165, 1.54) is 5.56 Å². The van der Waals surface area contributed by atoms with Crippen molar-refractivity contribution < 1.29 is 9.47 Å². The summed E-state index contributed by atoms with van der Waals surface area (Å²) in [5, 5.41) is 6.66. The number of morpholine rings is 1. The highest BCUT2D eigenvalue weighted by Gasteiger charge is 2.17. The second-order valence-electron chi connectivity index (χ2n) is 6.41. The lowest BCUT2D eigenvalue weighted by atomic mass is 10.1. The minimum Gasteiger partial charge on any atom is -0.374 e. The normalized spacial score (nSPS) is 19.5. The quantitative estimate of drug-likeness (QED) is 0.261. The van der Waals surface area contributed by atoms with Gasteiger partial charge in [-0.25, -0.2) is 0 Å². The minimum atomic E-state index is 0. The van der Waals surface area contributed by atoms with Gasteiger partial charge in [0.1, 0.15) is 0 Å². The van der Waals surface area contributed by atoms with Crippen LogP contribution in [0.5, 0.6) is 0 Å². The summed E-state index contributed by atoms with van der Waals surface area (Å²) in [6.45, 7) is 7.16. The molecule has 1 heterocycles. The third-order valence-electron chi connectivity index (χ3n) is 4.31. The highest BCUT2D eigenvalue weighted by molar-refractivity contribution is 14.0. The third-order valence-corrected chi connectivity index (χ3v) is 4.31. The van der Waals surface area contributed by atoms with Gasteiger partial charge in [-0.05, 0) is 26.0 Å². The van der Waals surface area contributed by atoms with E-state index in [1.807, 2.05) is 18.2 Å². The Labute approximate surface area is 174 Å². The molecule has 6 nitrogen and oxygen atoms in total. The van der Waals surface area contributed by atoms with Crippen molar-refractivity contribution in [3.8, 4) is 0 Å². The van der Waals surface area contributed by atoms with Gasteiger partial charge >= 0.3 is 0 Å². The predicted octanol–water partition coefficient (Wildman–Crippen LogP) is 2.27. The molecule has 7 heteroatoms. The Balaban J connectivity index is 0.00000338. The first-order valence-corrected chi connectivity index (χ1v) is 9.10. The molecule has 1 saturated heterocycles. The smallest absolute Gasteiger partial charge is 0.191 e. The van der Waals surface area contributed by atoms with E-state index in [9.17, 15) is 0 Å². The van der Waals surface area contributed by atoms with Gasteiger partial charge in [0.15, 0.2) is 5.96 Å². The molecule has 148 valence electrons.